The number of fused-ring (bicyclic) bond motifs is 2. The zero-order chi connectivity index (χ0) is 47.4. The largest absolute Gasteiger partial charge is 0.369 e. The number of sulfonamides is 1. The van der Waals surface area contributed by atoms with Crippen LogP contribution in [-0.2, 0) is 19.6 Å². The predicted molar refractivity (Wildman–Crippen MR) is 250 cm³/mol. The minimum Gasteiger partial charge on any atom is -0.369 e. The fourth-order valence-corrected chi connectivity index (χ4v) is 11.2. The molecule has 0 spiro atoms. The summed E-state index contributed by atoms with van der Waals surface area (Å²) in [6.45, 7) is 10.6. The van der Waals surface area contributed by atoms with Crippen molar-refractivity contribution < 1.29 is 32.0 Å². The number of imide groups is 2. The van der Waals surface area contributed by atoms with Gasteiger partial charge in [0, 0.05) is 101 Å². The lowest BCUT2D eigenvalue weighted by Crippen LogP contribution is -2.54. The monoisotopic (exact) mass is 948 g/mol. The maximum Gasteiger partial charge on any atom is 0.262 e. The van der Waals surface area contributed by atoms with Gasteiger partial charge >= 0.3 is 0 Å². The quantitative estimate of drug-likeness (QED) is 0.129. The number of carbonyl (C=O) groups excluding carboxylic acids is 4. The number of amides is 4. The predicted octanol–water partition coefficient (Wildman–Crippen LogP) is 2.55. The van der Waals surface area contributed by atoms with Gasteiger partial charge in [0.15, 0.2) is 0 Å². The van der Waals surface area contributed by atoms with E-state index in [-0.39, 0.29) is 52.0 Å². The minimum atomic E-state index is -3.86. The zero-order valence-corrected chi connectivity index (χ0v) is 38.8. The number of likely N-dealkylation sites (tertiary alicyclic amines) is 1. The molecule has 0 bridgehead atoms. The Kier molecular flexibility index (Phi) is 12.2. The molecule has 2 aromatic carbocycles. The van der Waals surface area contributed by atoms with Crippen LogP contribution in [0, 0.1) is 12.7 Å². The van der Waals surface area contributed by atoms with E-state index in [1.165, 1.54) is 20.8 Å². The van der Waals surface area contributed by atoms with Crippen molar-refractivity contribution in [3.8, 4) is 11.1 Å². The third-order valence-corrected chi connectivity index (χ3v) is 15.8. The third-order valence-electron chi connectivity index (χ3n) is 13.9. The van der Waals surface area contributed by atoms with Crippen molar-refractivity contribution in [1.82, 2.24) is 48.4 Å². The van der Waals surface area contributed by atoms with Crippen LogP contribution in [0.1, 0.15) is 58.0 Å². The van der Waals surface area contributed by atoms with Crippen molar-refractivity contribution in [2.45, 2.75) is 49.6 Å². The van der Waals surface area contributed by atoms with Gasteiger partial charge in [-0.05, 0) is 94.9 Å². The van der Waals surface area contributed by atoms with Gasteiger partial charge in [-0.3, -0.25) is 53.1 Å². The number of likely N-dealkylation sites (N-methyl/N-ethyl adjacent to an activating group) is 1. The molecule has 1 atom stereocenters. The van der Waals surface area contributed by atoms with E-state index in [9.17, 15) is 32.4 Å². The molecular formula is C47H53FN12O7S. The van der Waals surface area contributed by atoms with Gasteiger partial charge in [0.2, 0.25) is 21.8 Å². The summed E-state index contributed by atoms with van der Waals surface area (Å²) in [5.74, 6) is -2.61. The van der Waals surface area contributed by atoms with Gasteiger partial charge in [0.25, 0.3) is 17.4 Å². The Labute approximate surface area is 392 Å². The fraction of sp³-hybridized carbons (Fsp3) is 0.426. The maximum absolute atomic E-state index is 15.4. The van der Waals surface area contributed by atoms with Crippen molar-refractivity contribution in [1.29, 1.82) is 0 Å². The SMILES string of the molecule is Cc1c(Nc2ccc(S(=O)(=O)N3CCN(C)CC3)cc2F)nc2ccc(-c3cnn(C4CN(CCCCN5CCN(c6ccc7c(c6)C(=O)N(C6CCC(=O)NC6=O)C7=O)CC5)C4)c3)cn2c1=O. The van der Waals surface area contributed by atoms with Crippen LogP contribution >= 0.6 is 0 Å². The number of nitrogens with one attached hydrogen (secondary N) is 2. The van der Waals surface area contributed by atoms with E-state index in [0.29, 0.717) is 37.4 Å². The summed E-state index contributed by atoms with van der Waals surface area (Å²) in [4.78, 5) is 78.7. The molecule has 8 heterocycles. The number of anilines is 3. The average molecular weight is 949 g/mol. The van der Waals surface area contributed by atoms with Crippen molar-refractivity contribution >= 4 is 56.5 Å². The number of rotatable bonds is 13. The smallest absolute Gasteiger partial charge is 0.262 e. The number of aromatic nitrogens is 4. The molecule has 4 saturated heterocycles. The molecule has 5 aromatic rings. The summed E-state index contributed by atoms with van der Waals surface area (Å²) in [7, 11) is -1.93. The molecule has 356 valence electrons. The van der Waals surface area contributed by atoms with Crippen molar-refractivity contribution in [3.05, 3.63) is 100.0 Å². The topological polar surface area (TPSA) is 198 Å². The Morgan fingerprint density at radius 1 is 0.809 bits per heavy atom. The van der Waals surface area contributed by atoms with Gasteiger partial charge in [-0.1, -0.05) is 0 Å². The summed E-state index contributed by atoms with van der Waals surface area (Å²) in [6, 6.07) is 11.9. The van der Waals surface area contributed by atoms with Gasteiger partial charge < -0.3 is 15.1 Å². The molecule has 68 heavy (non-hydrogen) atoms. The van der Waals surface area contributed by atoms with Crippen LogP contribution in [0.4, 0.5) is 21.6 Å². The number of halogens is 1. The highest BCUT2D eigenvalue weighted by Gasteiger charge is 2.45. The molecule has 1 unspecified atom stereocenters. The highest BCUT2D eigenvalue weighted by molar-refractivity contribution is 7.89. The van der Waals surface area contributed by atoms with Gasteiger partial charge in [-0.2, -0.15) is 9.40 Å². The van der Waals surface area contributed by atoms with E-state index in [0.717, 1.165) is 93.0 Å². The van der Waals surface area contributed by atoms with E-state index in [1.807, 2.05) is 35.0 Å². The van der Waals surface area contributed by atoms with Gasteiger partial charge in [-0.15, -0.1) is 0 Å². The molecule has 19 nitrogen and oxygen atoms in total. The standard InChI is InChI=1S/C47H53FN12O7S/c1-30-43(50-39-9-7-35(24-38(39)48)68(66,67)57-21-15-53(2)16-22-57)51-41-11-5-31(26-58(41)45(30)63)32-25-49-59(27-32)34-28-55(29-34)14-4-3-13-54-17-19-56(20-18-54)33-6-8-36-37(23-33)47(65)60(46(36)64)40-10-12-42(61)52-44(40)62/h5-9,11,23-27,34,40,50H,3-4,10,12-22,28-29H2,1-2H3,(H,52,61,62). The molecule has 2 N–H and O–H groups in total. The first-order chi connectivity index (χ1) is 32.7. The lowest BCUT2D eigenvalue weighted by Gasteiger charge is -2.39. The number of unbranched alkanes of at least 4 members (excludes halogenated alkanes) is 1. The minimum absolute atomic E-state index is 0.00638. The Morgan fingerprint density at radius 3 is 2.28 bits per heavy atom. The number of hydrogen-bond donors (Lipinski definition) is 2. The summed E-state index contributed by atoms with van der Waals surface area (Å²) in [6.07, 6.45) is 7.87. The number of pyridine rings is 1. The first kappa shape index (κ1) is 45.4. The van der Waals surface area contributed by atoms with Crippen LogP contribution in [0.2, 0.25) is 0 Å². The Bertz CT molecular complexity index is 3010. The number of piperazine rings is 2. The highest BCUT2D eigenvalue weighted by atomic mass is 32.2. The lowest BCUT2D eigenvalue weighted by atomic mass is 10.0. The first-order valence-electron chi connectivity index (χ1n) is 23.1. The molecule has 4 fully saturated rings. The molecule has 0 radical (unpaired) electrons. The summed E-state index contributed by atoms with van der Waals surface area (Å²) in [5, 5.41) is 9.80. The molecule has 4 amide bonds. The van der Waals surface area contributed by atoms with E-state index in [1.54, 1.807) is 37.5 Å². The Hall–Kier alpha value is -6.39. The molecule has 5 aliphatic rings. The van der Waals surface area contributed by atoms with Gasteiger partial charge in [0.1, 0.15) is 23.3 Å². The van der Waals surface area contributed by atoms with Crippen LogP contribution in [0.3, 0.4) is 0 Å². The Balaban J connectivity index is 0.676. The van der Waals surface area contributed by atoms with E-state index < -0.39 is 45.5 Å². The first-order valence-corrected chi connectivity index (χ1v) is 24.5. The van der Waals surface area contributed by atoms with Gasteiger partial charge in [0.05, 0.1) is 39.5 Å². The van der Waals surface area contributed by atoms with Gasteiger partial charge in [-0.25, -0.2) is 17.8 Å². The van der Waals surface area contributed by atoms with E-state index in [2.05, 4.69) is 35.4 Å². The molecule has 0 aliphatic carbocycles. The Morgan fingerprint density at radius 2 is 1.54 bits per heavy atom. The van der Waals surface area contributed by atoms with Crippen molar-refractivity contribution in [2.24, 2.45) is 0 Å². The molecule has 0 saturated carbocycles. The second kappa shape index (κ2) is 18.3. The normalized spacial score (nSPS) is 20.3. The van der Waals surface area contributed by atoms with Crippen LogP contribution in [0.5, 0.6) is 0 Å². The van der Waals surface area contributed by atoms with E-state index >= 15 is 4.39 Å². The van der Waals surface area contributed by atoms with Crippen LogP contribution in [0.15, 0.2) is 76.8 Å². The number of carbonyl (C=O) groups is 4. The van der Waals surface area contributed by atoms with Crippen molar-refractivity contribution in [3.63, 3.8) is 0 Å². The highest BCUT2D eigenvalue weighted by Crippen LogP contribution is 2.32. The molecule has 5 aliphatic heterocycles. The summed E-state index contributed by atoms with van der Waals surface area (Å²) >= 11 is 0. The third kappa shape index (κ3) is 8.68. The fourth-order valence-electron chi connectivity index (χ4n) is 9.72. The molecular weight excluding hydrogens is 896 g/mol. The molecule has 10 rings (SSSR count). The summed E-state index contributed by atoms with van der Waals surface area (Å²) < 4.78 is 46.5. The second-order valence-electron chi connectivity index (χ2n) is 18.3. The number of hydrogen-bond acceptors (Lipinski definition) is 14. The number of piperidine rings is 1. The molecule has 3 aromatic heterocycles. The van der Waals surface area contributed by atoms with Crippen LogP contribution < -0.4 is 21.1 Å². The maximum atomic E-state index is 15.4. The number of benzene rings is 2. The number of nitrogens with zero attached hydrogens (tertiary/aromatic N) is 10. The second-order valence-corrected chi connectivity index (χ2v) is 20.3. The zero-order valence-electron chi connectivity index (χ0n) is 37.9. The van der Waals surface area contributed by atoms with Crippen LogP contribution in [0.25, 0.3) is 16.8 Å². The molecule has 21 heteroatoms. The van der Waals surface area contributed by atoms with E-state index in [4.69, 9.17) is 0 Å². The van der Waals surface area contributed by atoms with Crippen LogP contribution in [-0.4, -0.2) is 167 Å². The average Bonchev–Trinajstić information content (AvgIpc) is 3.90. The summed E-state index contributed by atoms with van der Waals surface area (Å²) in [5.41, 5.74) is 3.42. The lowest BCUT2D eigenvalue weighted by molar-refractivity contribution is -0.136. The van der Waals surface area contributed by atoms with Crippen molar-refractivity contribution in [2.75, 3.05) is 95.8 Å².